The second kappa shape index (κ2) is 18.0. The molecule has 0 heterocycles. The molecule has 0 spiro atoms. The number of carbonyl (C=O) groups excluding carboxylic acids is 3. The molecule has 52 heavy (non-hydrogen) atoms. The Bertz CT molecular complexity index is 2010. The molecule has 0 atom stereocenters. The van der Waals surface area contributed by atoms with E-state index in [1.54, 1.807) is 12.1 Å². The molecule has 4 aromatic carbocycles. The van der Waals surface area contributed by atoms with Crippen molar-refractivity contribution in [3.63, 3.8) is 0 Å². The highest BCUT2D eigenvalue weighted by Gasteiger charge is 2.31. The van der Waals surface area contributed by atoms with Gasteiger partial charge in [-0.2, -0.15) is 13.2 Å². The Morgan fingerprint density at radius 2 is 1.21 bits per heavy atom. The fourth-order valence-corrected chi connectivity index (χ4v) is 4.56. The van der Waals surface area contributed by atoms with Crippen molar-refractivity contribution in [2.45, 2.75) is 13.1 Å². The van der Waals surface area contributed by atoms with E-state index in [1.807, 2.05) is 0 Å². The molecule has 20 heteroatoms. The molecule has 4 aromatic rings. The zero-order chi connectivity index (χ0) is 38.7. The van der Waals surface area contributed by atoms with E-state index in [-0.39, 0.29) is 45.2 Å². The van der Waals surface area contributed by atoms with Gasteiger partial charge in [0.1, 0.15) is 34.1 Å². The van der Waals surface area contributed by atoms with Gasteiger partial charge in [0.15, 0.2) is 6.61 Å². The first-order valence-corrected chi connectivity index (χ1v) is 15.2. The Morgan fingerprint density at radius 1 is 0.712 bits per heavy atom. The van der Waals surface area contributed by atoms with Crippen LogP contribution in [0.25, 0.3) is 0 Å². The third kappa shape index (κ3) is 11.2. The van der Waals surface area contributed by atoms with Crippen molar-refractivity contribution in [3.8, 4) is 23.0 Å². The standard InChI is InChI=1S/C18H13ClF3NO7.C14H9Cl2NO5/c1-2-28-16(24)9-29-17(25)12-8-11(4-5-14(12)23(26)27)30-15-6-3-10(7-13(15)19)18(20,21)22;1-21-14(18)10-7-9(3-4-12(10)17(19)20)22-13-5-2-8(15)6-11(13)16/h3-8H,2,9H2,1H3;2-7H,1H3. The van der Waals surface area contributed by atoms with Crippen LogP contribution in [-0.2, 0) is 25.2 Å². The van der Waals surface area contributed by atoms with Crippen molar-refractivity contribution in [2.75, 3.05) is 20.3 Å². The fraction of sp³-hybridized carbons (Fsp3) is 0.156. The first-order chi connectivity index (χ1) is 24.4. The third-order valence-corrected chi connectivity index (χ3v) is 7.02. The molecule has 0 fully saturated rings. The number of nitro benzene ring substituents is 2. The van der Waals surface area contributed by atoms with Gasteiger partial charge in [-0.3, -0.25) is 20.2 Å². The minimum absolute atomic E-state index is 0.0493. The lowest BCUT2D eigenvalue weighted by Crippen LogP contribution is -2.17. The van der Waals surface area contributed by atoms with Crippen molar-refractivity contribution in [1.82, 2.24) is 0 Å². The van der Waals surface area contributed by atoms with E-state index in [9.17, 15) is 47.8 Å². The molecule has 0 bridgehead atoms. The number of alkyl halides is 3. The molecule has 0 amide bonds. The number of carbonyl (C=O) groups is 3. The number of hydrogen-bond donors (Lipinski definition) is 0. The average Bonchev–Trinajstić information content (AvgIpc) is 3.08. The highest BCUT2D eigenvalue weighted by molar-refractivity contribution is 6.35. The zero-order valence-electron chi connectivity index (χ0n) is 26.4. The summed E-state index contributed by atoms with van der Waals surface area (Å²) >= 11 is 17.6. The topological polar surface area (TPSA) is 184 Å². The van der Waals surface area contributed by atoms with Crippen molar-refractivity contribution >= 4 is 64.1 Å². The lowest BCUT2D eigenvalue weighted by atomic mass is 10.1. The van der Waals surface area contributed by atoms with Crippen LogP contribution in [0.4, 0.5) is 24.5 Å². The molecule has 0 saturated heterocycles. The molecule has 14 nitrogen and oxygen atoms in total. The Morgan fingerprint density at radius 3 is 1.65 bits per heavy atom. The molecule has 274 valence electrons. The van der Waals surface area contributed by atoms with Crippen LogP contribution in [0, 0.1) is 20.2 Å². The predicted octanol–water partition coefficient (Wildman–Crippen LogP) is 9.26. The molecule has 4 rings (SSSR count). The minimum Gasteiger partial charge on any atom is -0.465 e. The summed E-state index contributed by atoms with van der Waals surface area (Å²) in [5.41, 5.74) is -2.75. The van der Waals surface area contributed by atoms with Gasteiger partial charge in [-0.1, -0.05) is 34.8 Å². The molecule has 0 unspecified atom stereocenters. The lowest BCUT2D eigenvalue weighted by molar-refractivity contribution is -0.385. The third-order valence-electron chi connectivity index (χ3n) is 6.19. The number of halogens is 6. The molecule has 0 N–H and O–H groups in total. The highest BCUT2D eigenvalue weighted by Crippen LogP contribution is 2.38. The molecule has 0 aliphatic rings. The average molecular weight is 790 g/mol. The van der Waals surface area contributed by atoms with Gasteiger partial charge in [-0.25, -0.2) is 14.4 Å². The van der Waals surface area contributed by atoms with E-state index in [4.69, 9.17) is 49.0 Å². The number of rotatable bonds is 11. The minimum atomic E-state index is -4.61. The van der Waals surface area contributed by atoms with Crippen molar-refractivity contribution < 1.29 is 61.1 Å². The smallest absolute Gasteiger partial charge is 0.416 e. The summed E-state index contributed by atoms with van der Waals surface area (Å²) in [6, 6.07) is 13.7. The Hall–Kier alpha value is -5.65. The number of methoxy groups -OCH3 is 1. The van der Waals surface area contributed by atoms with Crippen molar-refractivity contribution in [2.24, 2.45) is 0 Å². The van der Waals surface area contributed by atoms with Gasteiger partial charge >= 0.3 is 24.1 Å². The molecule has 0 aliphatic carbocycles. The number of hydrogen-bond acceptors (Lipinski definition) is 12. The number of nitro groups is 2. The van der Waals surface area contributed by atoms with E-state index in [0.29, 0.717) is 16.8 Å². The van der Waals surface area contributed by atoms with Crippen LogP contribution in [0.15, 0.2) is 72.8 Å². The van der Waals surface area contributed by atoms with Gasteiger partial charge in [0.05, 0.1) is 39.2 Å². The van der Waals surface area contributed by atoms with Crippen LogP contribution < -0.4 is 9.47 Å². The zero-order valence-corrected chi connectivity index (χ0v) is 28.7. The quantitative estimate of drug-likeness (QED) is 0.0608. The molecule has 0 aliphatic heterocycles. The monoisotopic (exact) mass is 788 g/mol. The highest BCUT2D eigenvalue weighted by atomic mass is 35.5. The van der Waals surface area contributed by atoms with Gasteiger partial charge < -0.3 is 23.7 Å². The van der Waals surface area contributed by atoms with Crippen LogP contribution in [0.2, 0.25) is 15.1 Å². The van der Waals surface area contributed by atoms with Crippen molar-refractivity contribution in [3.05, 3.63) is 125 Å². The van der Waals surface area contributed by atoms with Crippen LogP contribution in [-0.4, -0.2) is 48.1 Å². The van der Waals surface area contributed by atoms with Gasteiger partial charge in [0.25, 0.3) is 11.4 Å². The van der Waals surface area contributed by atoms with Gasteiger partial charge in [-0.05, 0) is 55.5 Å². The fourth-order valence-electron chi connectivity index (χ4n) is 3.89. The normalized spacial score (nSPS) is 10.6. The Labute approximate surface area is 305 Å². The summed E-state index contributed by atoms with van der Waals surface area (Å²) in [5, 5.41) is 22.4. The van der Waals surface area contributed by atoms with E-state index >= 15 is 0 Å². The summed E-state index contributed by atoms with van der Waals surface area (Å²) < 4.78 is 62.8. The van der Waals surface area contributed by atoms with Crippen LogP contribution >= 0.6 is 34.8 Å². The Balaban J connectivity index is 0.000000294. The number of nitrogens with zero attached hydrogens (tertiary/aromatic N) is 2. The SMILES string of the molecule is CCOC(=O)COC(=O)c1cc(Oc2ccc(C(F)(F)F)cc2Cl)ccc1[N+](=O)[O-].COC(=O)c1cc(Oc2ccc(Cl)cc2Cl)ccc1[N+](=O)[O-]. The van der Waals surface area contributed by atoms with Gasteiger partial charge in [0, 0.05) is 29.3 Å². The van der Waals surface area contributed by atoms with Gasteiger partial charge in [0.2, 0.25) is 0 Å². The molecule has 0 aromatic heterocycles. The number of esters is 3. The van der Waals surface area contributed by atoms with E-state index in [0.717, 1.165) is 43.5 Å². The second-order valence-corrected chi connectivity index (χ2v) is 10.9. The van der Waals surface area contributed by atoms with Crippen LogP contribution in [0.5, 0.6) is 23.0 Å². The van der Waals surface area contributed by atoms with Crippen LogP contribution in [0.3, 0.4) is 0 Å². The summed E-state index contributed by atoms with van der Waals surface area (Å²) in [6.07, 6.45) is -4.61. The maximum Gasteiger partial charge on any atom is 0.416 e. The molecule has 0 saturated carbocycles. The van der Waals surface area contributed by atoms with Gasteiger partial charge in [-0.15, -0.1) is 0 Å². The lowest BCUT2D eigenvalue weighted by Gasteiger charge is -2.12. The molecular weight excluding hydrogens is 768 g/mol. The first kappa shape index (κ1) is 40.8. The number of ether oxygens (including phenoxy) is 5. The molecular formula is C32H22Cl3F3N2O12. The Kier molecular flexibility index (Phi) is 14.1. The van der Waals surface area contributed by atoms with E-state index in [2.05, 4.69) is 9.47 Å². The largest absolute Gasteiger partial charge is 0.465 e. The summed E-state index contributed by atoms with van der Waals surface area (Å²) in [7, 11) is 1.13. The van der Waals surface area contributed by atoms with Crippen LogP contribution in [0.1, 0.15) is 33.2 Å². The first-order valence-electron chi connectivity index (χ1n) is 14.1. The number of benzene rings is 4. The second-order valence-electron chi connectivity index (χ2n) is 9.67. The summed E-state index contributed by atoms with van der Waals surface area (Å²) in [4.78, 5) is 55.6. The summed E-state index contributed by atoms with van der Waals surface area (Å²) in [5.74, 6) is -2.68. The summed E-state index contributed by atoms with van der Waals surface area (Å²) in [6.45, 7) is 0.825. The van der Waals surface area contributed by atoms with E-state index < -0.39 is 57.4 Å². The maximum atomic E-state index is 12.7. The van der Waals surface area contributed by atoms with Crippen molar-refractivity contribution in [1.29, 1.82) is 0 Å². The van der Waals surface area contributed by atoms with E-state index in [1.165, 1.54) is 25.1 Å². The maximum absolute atomic E-state index is 12.7. The predicted molar refractivity (Wildman–Crippen MR) is 178 cm³/mol. The molecule has 0 radical (unpaired) electrons.